The summed E-state index contributed by atoms with van der Waals surface area (Å²) >= 11 is 3.28. The van der Waals surface area contributed by atoms with Crippen LogP contribution in [0.25, 0.3) is 0 Å². The Kier molecular flexibility index (Phi) is 4.54. The van der Waals surface area contributed by atoms with Gasteiger partial charge in [0.1, 0.15) is 10.6 Å². The average Bonchev–Trinajstić information content (AvgIpc) is 2.40. The first-order valence-corrected chi connectivity index (χ1v) is 9.00. The number of rotatable bonds is 3. The molecule has 0 saturated heterocycles. The fraction of sp³-hybridized carbons (Fsp3) is 0.250. The van der Waals surface area contributed by atoms with Crippen molar-refractivity contribution in [3.8, 4) is 5.75 Å². The molecule has 118 valence electrons. The van der Waals surface area contributed by atoms with Gasteiger partial charge < -0.3 is 5.11 Å². The zero-order valence-electron chi connectivity index (χ0n) is 12.6. The minimum atomic E-state index is -3.81. The SMILES string of the molecule is CC(C)(C)c1ccc(Br)c(S(=O)(=O)Nc2ccccc2O)c1. The maximum atomic E-state index is 12.6. The fourth-order valence-corrected chi connectivity index (χ4v) is 4.00. The van der Waals surface area contributed by atoms with Crippen molar-refractivity contribution >= 4 is 31.6 Å². The lowest BCUT2D eigenvalue weighted by atomic mass is 9.87. The van der Waals surface area contributed by atoms with E-state index in [1.54, 1.807) is 24.3 Å². The van der Waals surface area contributed by atoms with Crippen LogP contribution in [-0.2, 0) is 15.4 Å². The van der Waals surface area contributed by atoms with Gasteiger partial charge in [0, 0.05) is 4.47 Å². The number of phenols is 1. The lowest BCUT2D eigenvalue weighted by molar-refractivity contribution is 0.477. The van der Waals surface area contributed by atoms with Gasteiger partial charge in [-0.2, -0.15) is 0 Å². The van der Waals surface area contributed by atoms with E-state index in [0.29, 0.717) is 4.47 Å². The van der Waals surface area contributed by atoms with Crippen molar-refractivity contribution in [1.82, 2.24) is 0 Å². The quantitative estimate of drug-likeness (QED) is 0.778. The maximum Gasteiger partial charge on any atom is 0.263 e. The molecule has 0 aliphatic heterocycles. The molecule has 0 aliphatic rings. The summed E-state index contributed by atoms with van der Waals surface area (Å²) in [4.78, 5) is 0.142. The van der Waals surface area contributed by atoms with Gasteiger partial charge in [-0.25, -0.2) is 8.42 Å². The molecule has 2 aromatic carbocycles. The Morgan fingerprint density at radius 3 is 2.32 bits per heavy atom. The fourth-order valence-electron chi connectivity index (χ4n) is 1.94. The first-order chi connectivity index (χ1) is 10.1. The third-order valence-corrected chi connectivity index (χ3v) is 5.59. The van der Waals surface area contributed by atoms with Crippen molar-refractivity contribution in [3.05, 3.63) is 52.5 Å². The Morgan fingerprint density at radius 2 is 1.73 bits per heavy atom. The third kappa shape index (κ3) is 3.62. The molecule has 0 unspecified atom stereocenters. The van der Waals surface area contributed by atoms with Crippen molar-refractivity contribution in [2.75, 3.05) is 4.72 Å². The van der Waals surface area contributed by atoms with Gasteiger partial charge in [-0.3, -0.25) is 4.72 Å². The molecule has 0 aromatic heterocycles. The van der Waals surface area contributed by atoms with Gasteiger partial charge in [0.25, 0.3) is 10.0 Å². The van der Waals surface area contributed by atoms with Crippen LogP contribution in [0.15, 0.2) is 51.8 Å². The highest BCUT2D eigenvalue weighted by Crippen LogP contribution is 2.32. The second-order valence-electron chi connectivity index (χ2n) is 6.02. The molecule has 0 atom stereocenters. The van der Waals surface area contributed by atoms with E-state index in [9.17, 15) is 13.5 Å². The van der Waals surface area contributed by atoms with E-state index in [0.717, 1.165) is 5.56 Å². The normalized spacial score (nSPS) is 12.2. The summed E-state index contributed by atoms with van der Waals surface area (Å²) in [5.41, 5.74) is 0.892. The summed E-state index contributed by atoms with van der Waals surface area (Å²) in [5.74, 6) is -0.117. The summed E-state index contributed by atoms with van der Waals surface area (Å²) in [6.45, 7) is 6.05. The van der Waals surface area contributed by atoms with E-state index in [1.165, 1.54) is 12.1 Å². The first kappa shape index (κ1) is 16.8. The first-order valence-electron chi connectivity index (χ1n) is 6.72. The molecule has 0 fully saturated rings. The number of anilines is 1. The number of aromatic hydroxyl groups is 1. The van der Waals surface area contributed by atoms with E-state index in [-0.39, 0.29) is 21.7 Å². The molecular weight excluding hydrogens is 366 g/mol. The summed E-state index contributed by atoms with van der Waals surface area (Å²) < 4.78 is 28.1. The molecule has 0 amide bonds. The van der Waals surface area contributed by atoms with Gasteiger partial charge in [-0.1, -0.05) is 39.0 Å². The van der Waals surface area contributed by atoms with Crippen LogP contribution in [0.4, 0.5) is 5.69 Å². The predicted octanol–water partition coefficient (Wildman–Crippen LogP) is 4.25. The standard InChI is InChI=1S/C16H18BrNO3S/c1-16(2,3)11-8-9-12(17)15(10-11)22(20,21)18-13-6-4-5-7-14(13)19/h4-10,18-19H,1-3H3. The third-order valence-electron chi connectivity index (χ3n) is 3.24. The molecule has 4 nitrogen and oxygen atoms in total. The predicted molar refractivity (Wildman–Crippen MR) is 91.8 cm³/mol. The number of benzene rings is 2. The lowest BCUT2D eigenvalue weighted by Gasteiger charge is -2.20. The molecule has 2 rings (SSSR count). The van der Waals surface area contributed by atoms with E-state index in [2.05, 4.69) is 20.7 Å². The summed E-state index contributed by atoms with van der Waals surface area (Å²) in [6, 6.07) is 11.5. The largest absolute Gasteiger partial charge is 0.506 e. The Bertz CT molecular complexity index is 795. The second-order valence-corrected chi connectivity index (χ2v) is 8.52. The number of para-hydroxylation sites is 2. The smallest absolute Gasteiger partial charge is 0.263 e. The van der Waals surface area contributed by atoms with Crippen molar-refractivity contribution in [3.63, 3.8) is 0 Å². The Balaban J connectivity index is 2.48. The van der Waals surface area contributed by atoms with E-state index < -0.39 is 10.0 Å². The number of sulfonamides is 1. The zero-order chi connectivity index (χ0) is 16.5. The molecule has 0 heterocycles. The topological polar surface area (TPSA) is 66.4 Å². The van der Waals surface area contributed by atoms with Crippen LogP contribution in [-0.4, -0.2) is 13.5 Å². The molecular formula is C16H18BrNO3S. The van der Waals surface area contributed by atoms with Gasteiger partial charge in [0.05, 0.1) is 5.69 Å². The summed E-state index contributed by atoms with van der Waals surface area (Å²) in [6.07, 6.45) is 0. The number of nitrogens with one attached hydrogen (secondary N) is 1. The van der Waals surface area contributed by atoms with Crippen molar-refractivity contribution in [1.29, 1.82) is 0 Å². The highest BCUT2D eigenvalue weighted by molar-refractivity contribution is 9.10. The highest BCUT2D eigenvalue weighted by Gasteiger charge is 2.22. The summed E-state index contributed by atoms with van der Waals surface area (Å²) in [5, 5.41) is 9.74. The van der Waals surface area contributed by atoms with Crippen LogP contribution in [0.2, 0.25) is 0 Å². The molecule has 6 heteroatoms. The van der Waals surface area contributed by atoms with Gasteiger partial charge in [0.15, 0.2) is 0 Å². The number of hydrogen-bond acceptors (Lipinski definition) is 3. The molecule has 0 saturated carbocycles. The van der Waals surface area contributed by atoms with Crippen molar-refractivity contribution in [2.24, 2.45) is 0 Å². The minimum Gasteiger partial charge on any atom is -0.506 e. The number of hydrogen-bond donors (Lipinski definition) is 2. The Labute approximate surface area is 139 Å². The molecule has 2 N–H and O–H groups in total. The van der Waals surface area contributed by atoms with Gasteiger partial charge >= 0.3 is 0 Å². The number of phenolic OH excluding ortho intramolecular Hbond substituents is 1. The summed E-state index contributed by atoms with van der Waals surface area (Å²) in [7, 11) is -3.81. The van der Waals surface area contributed by atoms with Crippen LogP contribution >= 0.6 is 15.9 Å². The Morgan fingerprint density at radius 1 is 1.09 bits per heavy atom. The van der Waals surface area contributed by atoms with Crippen molar-refractivity contribution in [2.45, 2.75) is 31.1 Å². The number of halogens is 1. The van der Waals surface area contributed by atoms with E-state index >= 15 is 0 Å². The van der Waals surface area contributed by atoms with Gasteiger partial charge in [-0.05, 0) is 51.2 Å². The molecule has 0 bridgehead atoms. The van der Waals surface area contributed by atoms with Gasteiger partial charge in [-0.15, -0.1) is 0 Å². The van der Waals surface area contributed by atoms with Crippen LogP contribution < -0.4 is 4.72 Å². The minimum absolute atomic E-state index is 0.117. The molecule has 22 heavy (non-hydrogen) atoms. The van der Waals surface area contributed by atoms with E-state index in [4.69, 9.17) is 0 Å². The monoisotopic (exact) mass is 383 g/mol. The molecule has 0 radical (unpaired) electrons. The van der Waals surface area contributed by atoms with Crippen LogP contribution in [0, 0.1) is 0 Å². The molecule has 0 spiro atoms. The van der Waals surface area contributed by atoms with Crippen LogP contribution in [0.1, 0.15) is 26.3 Å². The average molecular weight is 384 g/mol. The molecule has 0 aliphatic carbocycles. The van der Waals surface area contributed by atoms with Crippen LogP contribution in [0.3, 0.4) is 0 Å². The maximum absolute atomic E-state index is 12.6. The second kappa shape index (κ2) is 5.93. The lowest BCUT2D eigenvalue weighted by Crippen LogP contribution is -2.16. The van der Waals surface area contributed by atoms with Crippen LogP contribution in [0.5, 0.6) is 5.75 Å². The van der Waals surface area contributed by atoms with Gasteiger partial charge in [0.2, 0.25) is 0 Å². The zero-order valence-corrected chi connectivity index (χ0v) is 15.0. The molecule has 2 aromatic rings. The highest BCUT2D eigenvalue weighted by atomic mass is 79.9. The van der Waals surface area contributed by atoms with Crippen molar-refractivity contribution < 1.29 is 13.5 Å². The Hall–Kier alpha value is -1.53. The van der Waals surface area contributed by atoms with E-state index in [1.807, 2.05) is 26.8 Å².